The summed E-state index contributed by atoms with van der Waals surface area (Å²) in [5.74, 6) is 0. The highest BCUT2D eigenvalue weighted by Gasteiger charge is 2.54. The molecule has 0 aromatic heterocycles. The predicted octanol–water partition coefficient (Wildman–Crippen LogP) is -9.75. The van der Waals surface area contributed by atoms with Gasteiger partial charge in [-0.25, -0.2) is 0 Å². The minimum absolute atomic E-state index is 0.761. The zero-order chi connectivity index (χ0) is 33.3. The number of ether oxygens (including phenoxy) is 7. The van der Waals surface area contributed by atoms with E-state index in [-0.39, 0.29) is 0 Å². The van der Waals surface area contributed by atoms with Gasteiger partial charge in [0.15, 0.2) is 25.2 Å². The van der Waals surface area contributed by atoms with Crippen LogP contribution in [-0.2, 0) is 33.2 Å². The van der Waals surface area contributed by atoms with Gasteiger partial charge in [0.05, 0.1) is 26.4 Å². The van der Waals surface area contributed by atoms with Gasteiger partial charge in [-0.2, -0.15) is 0 Å². The zero-order valence-corrected chi connectivity index (χ0v) is 23.5. The Morgan fingerprint density at radius 2 is 0.778 bits per heavy atom. The summed E-state index contributed by atoms with van der Waals surface area (Å²) >= 11 is 0. The Hall–Kier alpha value is -0.840. The van der Waals surface area contributed by atoms with E-state index in [4.69, 9.17) is 33.2 Å². The molecule has 0 radical (unpaired) electrons. The highest BCUT2D eigenvalue weighted by Crippen LogP contribution is 2.33. The van der Waals surface area contributed by atoms with Crippen LogP contribution in [0.15, 0.2) is 0 Å². The standard InChI is InChI=1S/C24H42O21/c25-1-5-9(28)11(30)16(35)22(41-5)39-4-8-20(45-23-17(36)12(31)10(29)6(2-26)42-23)14(33)18(37)24(43-8)44-19-7(3-27)40-21(38)15(34)13(19)32/h5-38H,1-4H2/t5-,6-,7-,8-,9-,10-,11+,12+,13-,14-,15-,16-,17-,18-,19-,20+,21+,22-,23-,24-/m1/s1. The maximum absolute atomic E-state index is 11.1. The molecule has 4 heterocycles. The summed E-state index contributed by atoms with van der Waals surface area (Å²) in [7, 11) is 0. The Balaban J connectivity index is 1.56. The molecular weight excluding hydrogens is 624 g/mol. The van der Waals surface area contributed by atoms with Gasteiger partial charge in [0, 0.05) is 0 Å². The second kappa shape index (κ2) is 15.6. The van der Waals surface area contributed by atoms with E-state index < -0.39 is 149 Å². The van der Waals surface area contributed by atoms with Crippen molar-refractivity contribution < 1.29 is 105 Å². The van der Waals surface area contributed by atoms with Crippen LogP contribution in [-0.4, -0.2) is 221 Å². The van der Waals surface area contributed by atoms with Crippen molar-refractivity contribution in [1.29, 1.82) is 0 Å². The maximum atomic E-state index is 11.1. The highest BCUT2D eigenvalue weighted by atomic mass is 16.8. The van der Waals surface area contributed by atoms with Crippen molar-refractivity contribution in [2.24, 2.45) is 0 Å². The molecule has 4 aliphatic rings. The molecule has 0 amide bonds. The Morgan fingerprint density at radius 1 is 0.378 bits per heavy atom. The summed E-state index contributed by atoms with van der Waals surface area (Å²) < 4.78 is 38.0. The van der Waals surface area contributed by atoms with E-state index in [2.05, 4.69) is 0 Å². The van der Waals surface area contributed by atoms with E-state index >= 15 is 0 Å². The van der Waals surface area contributed by atoms with Crippen LogP contribution in [0, 0.1) is 0 Å². The minimum atomic E-state index is -2.06. The monoisotopic (exact) mass is 666 g/mol. The van der Waals surface area contributed by atoms with E-state index in [1.165, 1.54) is 0 Å². The van der Waals surface area contributed by atoms with Crippen LogP contribution in [0.3, 0.4) is 0 Å². The fourth-order valence-corrected chi connectivity index (χ4v) is 5.44. The molecule has 0 unspecified atom stereocenters. The Kier molecular flexibility index (Phi) is 12.8. The van der Waals surface area contributed by atoms with Crippen molar-refractivity contribution in [3.8, 4) is 0 Å². The van der Waals surface area contributed by atoms with Crippen LogP contribution in [0.25, 0.3) is 0 Å². The third-order valence-electron chi connectivity index (χ3n) is 8.18. The Labute approximate surface area is 254 Å². The van der Waals surface area contributed by atoms with Gasteiger partial charge in [-0.15, -0.1) is 0 Å². The van der Waals surface area contributed by atoms with Gasteiger partial charge in [-0.3, -0.25) is 0 Å². The third-order valence-corrected chi connectivity index (χ3v) is 8.18. The summed E-state index contributed by atoms with van der Waals surface area (Å²) in [6, 6.07) is 0. The lowest BCUT2D eigenvalue weighted by Gasteiger charge is -2.48. The van der Waals surface area contributed by atoms with Gasteiger partial charge >= 0.3 is 0 Å². The molecule has 14 N–H and O–H groups in total. The first-order chi connectivity index (χ1) is 21.2. The maximum Gasteiger partial charge on any atom is 0.187 e. The van der Waals surface area contributed by atoms with Crippen LogP contribution >= 0.6 is 0 Å². The molecule has 0 aromatic rings. The second-order valence-corrected chi connectivity index (χ2v) is 11.2. The smallest absolute Gasteiger partial charge is 0.187 e. The number of hydrogen-bond acceptors (Lipinski definition) is 21. The molecule has 4 rings (SSSR count). The molecule has 0 spiro atoms. The minimum Gasteiger partial charge on any atom is -0.394 e. The van der Waals surface area contributed by atoms with Crippen molar-refractivity contribution in [3.05, 3.63) is 0 Å². The van der Waals surface area contributed by atoms with Crippen LogP contribution in [0.4, 0.5) is 0 Å². The number of aliphatic hydroxyl groups is 14. The van der Waals surface area contributed by atoms with E-state index in [1.54, 1.807) is 0 Å². The quantitative estimate of drug-likeness (QED) is 0.103. The lowest BCUT2D eigenvalue weighted by Crippen LogP contribution is -2.67. The average molecular weight is 667 g/mol. The molecule has 20 atom stereocenters. The zero-order valence-electron chi connectivity index (χ0n) is 23.5. The van der Waals surface area contributed by atoms with Crippen molar-refractivity contribution in [2.45, 2.75) is 123 Å². The lowest BCUT2D eigenvalue weighted by atomic mass is 9.96. The van der Waals surface area contributed by atoms with Gasteiger partial charge < -0.3 is 105 Å². The summed E-state index contributed by atoms with van der Waals surface area (Å²) in [5.41, 5.74) is 0. The SMILES string of the molecule is OC[C@H]1O[C@@H](OC[C@H]2O[C@H](O[C@H]3[C@H](O)[C@@H](O)[C@@H](O)O[C@@H]3CO)[C@H](O)[C@@H](O)[C@H]2O[C@H]2O[C@H](CO)[C@@H](O)[C@H](O)[C@H]2O)[C@H](O)[C@@H](O)[C@@H]1O. The fraction of sp³-hybridized carbons (Fsp3) is 1.00. The summed E-state index contributed by atoms with van der Waals surface area (Å²) in [5, 5.41) is 142. The van der Waals surface area contributed by atoms with Gasteiger partial charge in [0.2, 0.25) is 0 Å². The lowest BCUT2D eigenvalue weighted by molar-refractivity contribution is -0.383. The van der Waals surface area contributed by atoms with E-state index in [0.29, 0.717) is 0 Å². The topological polar surface area (TPSA) is 348 Å². The molecule has 0 aromatic carbocycles. The first kappa shape index (κ1) is 37.0. The van der Waals surface area contributed by atoms with Gasteiger partial charge in [0.25, 0.3) is 0 Å². The van der Waals surface area contributed by atoms with Crippen LogP contribution in [0.2, 0.25) is 0 Å². The van der Waals surface area contributed by atoms with Crippen LogP contribution < -0.4 is 0 Å². The molecule has 0 saturated carbocycles. The molecule has 45 heavy (non-hydrogen) atoms. The largest absolute Gasteiger partial charge is 0.394 e. The van der Waals surface area contributed by atoms with Crippen LogP contribution in [0.5, 0.6) is 0 Å². The Morgan fingerprint density at radius 3 is 1.29 bits per heavy atom. The molecular formula is C24H42O21. The number of rotatable bonds is 10. The molecule has 21 heteroatoms. The average Bonchev–Trinajstić information content (AvgIpc) is 3.03. The van der Waals surface area contributed by atoms with E-state index in [1.807, 2.05) is 0 Å². The fourth-order valence-electron chi connectivity index (χ4n) is 5.44. The second-order valence-electron chi connectivity index (χ2n) is 11.2. The predicted molar refractivity (Wildman–Crippen MR) is 134 cm³/mol. The Bertz CT molecular complexity index is 912. The molecule has 4 aliphatic heterocycles. The highest BCUT2D eigenvalue weighted by molar-refractivity contribution is 4.97. The molecule has 4 saturated heterocycles. The van der Waals surface area contributed by atoms with Crippen LogP contribution in [0.1, 0.15) is 0 Å². The molecule has 264 valence electrons. The van der Waals surface area contributed by atoms with E-state index in [9.17, 15) is 71.5 Å². The molecule has 21 nitrogen and oxygen atoms in total. The normalized spacial score (nSPS) is 52.9. The summed E-state index contributed by atoms with van der Waals surface area (Å²) in [6.07, 6.45) is -35.6. The first-order valence-electron chi connectivity index (χ1n) is 14.1. The van der Waals surface area contributed by atoms with Gasteiger partial charge in [-0.05, 0) is 0 Å². The van der Waals surface area contributed by atoms with Crippen molar-refractivity contribution >= 4 is 0 Å². The number of aliphatic hydroxyl groups excluding tert-OH is 14. The molecule has 0 aliphatic carbocycles. The van der Waals surface area contributed by atoms with Crippen molar-refractivity contribution in [3.63, 3.8) is 0 Å². The van der Waals surface area contributed by atoms with Gasteiger partial charge in [-0.1, -0.05) is 0 Å². The van der Waals surface area contributed by atoms with Crippen molar-refractivity contribution in [2.75, 3.05) is 26.4 Å². The molecule has 4 fully saturated rings. The first-order valence-corrected chi connectivity index (χ1v) is 14.1. The summed E-state index contributed by atoms with van der Waals surface area (Å²) in [4.78, 5) is 0. The van der Waals surface area contributed by atoms with E-state index in [0.717, 1.165) is 0 Å². The third kappa shape index (κ3) is 7.59. The van der Waals surface area contributed by atoms with Crippen molar-refractivity contribution in [1.82, 2.24) is 0 Å². The number of hydrogen-bond donors (Lipinski definition) is 14. The molecule has 0 bridgehead atoms. The van der Waals surface area contributed by atoms with Gasteiger partial charge in [0.1, 0.15) is 97.7 Å². The summed E-state index contributed by atoms with van der Waals surface area (Å²) in [6.45, 7) is -3.21.